The Kier molecular flexibility index (Phi) is 4.13. The second-order valence-electron chi connectivity index (χ2n) is 6.31. The topological polar surface area (TPSA) is 40.6 Å². The lowest BCUT2D eigenvalue weighted by Gasteiger charge is -2.34. The van der Waals surface area contributed by atoms with Gasteiger partial charge in [-0.15, -0.1) is 0 Å². The second-order valence-corrected chi connectivity index (χ2v) is 6.31. The summed E-state index contributed by atoms with van der Waals surface area (Å²) in [5, 5.41) is 1.97. The van der Waals surface area contributed by atoms with E-state index in [1.807, 2.05) is 42.5 Å². The standard InChI is InChI=1S/C21H17FN2O2/c22-17-10-8-15(9-11-17)14-23-12-13-24(21(26)20(23)25)19-7-3-5-16-4-1-2-6-18(16)19/h1-11H,12-14H2. The zero-order chi connectivity index (χ0) is 18.1. The Morgan fingerprint density at radius 2 is 1.54 bits per heavy atom. The number of piperazine rings is 1. The van der Waals surface area contributed by atoms with Crippen LogP contribution in [0.2, 0.25) is 0 Å². The van der Waals surface area contributed by atoms with Gasteiger partial charge < -0.3 is 9.80 Å². The Hall–Kier alpha value is -3.21. The van der Waals surface area contributed by atoms with Crippen molar-refractivity contribution in [1.29, 1.82) is 0 Å². The first-order chi connectivity index (χ1) is 12.6. The monoisotopic (exact) mass is 348 g/mol. The molecule has 1 saturated heterocycles. The maximum Gasteiger partial charge on any atom is 0.316 e. The minimum Gasteiger partial charge on any atom is -0.328 e. The summed E-state index contributed by atoms with van der Waals surface area (Å²) in [7, 11) is 0. The molecule has 3 aromatic rings. The zero-order valence-corrected chi connectivity index (χ0v) is 14.1. The molecule has 1 aliphatic heterocycles. The molecule has 1 fully saturated rings. The molecule has 2 amide bonds. The average molecular weight is 348 g/mol. The molecule has 26 heavy (non-hydrogen) atoms. The SMILES string of the molecule is O=C1C(=O)N(c2cccc3ccccc23)CCN1Cc1ccc(F)cc1. The minimum absolute atomic E-state index is 0.300. The smallest absolute Gasteiger partial charge is 0.316 e. The highest BCUT2D eigenvalue weighted by Gasteiger charge is 2.33. The molecule has 3 aromatic carbocycles. The Morgan fingerprint density at radius 3 is 2.35 bits per heavy atom. The summed E-state index contributed by atoms with van der Waals surface area (Å²) >= 11 is 0. The van der Waals surface area contributed by atoms with E-state index in [1.54, 1.807) is 17.0 Å². The number of benzene rings is 3. The van der Waals surface area contributed by atoms with Gasteiger partial charge in [-0.2, -0.15) is 0 Å². The van der Waals surface area contributed by atoms with Crippen LogP contribution >= 0.6 is 0 Å². The van der Waals surface area contributed by atoms with Crippen molar-refractivity contribution >= 4 is 28.3 Å². The molecular formula is C21H17FN2O2. The number of halogens is 1. The molecule has 4 rings (SSSR count). The Labute approximate surface area is 150 Å². The first-order valence-corrected chi connectivity index (χ1v) is 8.46. The molecule has 1 aliphatic rings. The third kappa shape index (κ3) is 2.92. The maximum atomic E-state index is 13.0. The van der Waals surface area contributed by atoms with E-state index in [0.717, 1.165) is 22.0 Å². The van der Waals surface area contributed by atoms with Gasteiger partial charge in [-0.3, -0.25) is 9.59 Å². The fourth-order valence-corrected chi connectivity index (χ4v) is 3.31. The second kappa shape index (κ2) is 6.59. The average Bonchev–Trinajstić information content (AvgIpc) is 2.67. The van der Waals surface area contributed by atoms with Gasteiger partial charge in [0.25, 0.3) is 0 Å². The molecule has 1 heterocycles. The fourth-order valence-electron chi connectivity index (χ4n) is 3.31. The van der Waals surface area contributed by atoms with Gasteiger partial charge in [0, 0.05) is 25.0 Å². The summed E-state index contributed by atoms with van der Waals surface area (Å²) < 4.78 is 13.0. The van der Waals surface area contributed by atoms with Crippen molar-refractivity contribution in [1.82, 2.24) is 4.90 Å². The number of anilines is 1. The van der Waals surface area contributed by atoms with Gasteiger partial charge >= 0.3 is 11.8 Å². The molecular weight excluding hydrogens is 331 g/mol. The number of rotatable bonds is 3. The summed E-state index contributed by atoms with van der Waals surface area (Å²) in [6.07, 6.45) is 0. The highest BCUT2D eigenvalue weighted by atomic mass is 19.1. The predicted molar refractivity (Wildman–Crippen MR) is 98.1 cm³/mol. The molecule has 0 bridgehead atoms. The summed E-state index contributed by atoms with van der Waals surface area (Å²) in [4.78, 5) is 28.3. The lowest BCUT2D eigenvalue weighted by Crippen LogP contribution is -2.54. The van der Waals surface area contributed by atoms with Crippen molar-refractivity contribution in [3.8, 4) is 0 Å². The molecule has 4 nitrogen and oxygen atoms in total. The normalized spacial score (nSPS) is 15.0. The molecule has 130 valence electrons. The first-order valence-electron chi connectivity index (χ1n) is 8.46. The number of carbonyl (C=O) groups excluding carboxylic acids is 2. The van der Waals surface area contributed by atoms with Crippen LogP contribution < -0.4 is 4.90 Å². The van der Waals surface area contributed by atoms with Gasteiger partial charge in [0.05, 0.1) is 5.69 Å². The minimum atomic E-state index is -0.534. The van der Waals surface area contributed by atoms with Crippen molar-refractivity contribution in [2.24, 2.45) is 0 Å². The van der Waals surface area contributed by atoms with Gasteiger partial charge in [0.15, 0.2) is 0 Å². The third-order valence-corrected chi connectivity index (χ3v) is 4.65. The van der Waals surface area contributed by atoms with Crippen molar-refractivity contribution in [2.45, 2.75) is 6.54 Å². The quantitative estimate of drug-likeness (QED) is 0.681. The molecule has 0 spiro atoms. The zero-order valence-electron chi connectivity index (χ0n) is 14.1. The Morgan fingerprint density at radius 1 is 0.808 bits per heavy atom. The molecule has 0 unspecified atom stereocenters. The van der Waals surface area contributed by atoms with Crippen molar-refractivity contribution in [3.05, 3.63) is 78.1 Å². The van der Waals surface area contributed by atoms with Gasteiger partial charge in [-0.25, -0.2) is 4.39 Å². The number of hydrogen-bond acceptors (Lipinski definition) is 2. The van der Waals surface area contributed by atoms with E-state index in [-0.39, 0.29) is 5.82 Å². The van der Waals surface area contributed by atoms with Crippen LogP contribution in [0.25, 0.3) is 10.8 Å². The molecule has 0 radical (unpaired) electrons. The van der Waals surface area contributed by atoms with Crippen LogP contribution in [0.4, 0.5) is 10.1 Å². The van der Waals surface area contributed by atoms with E-state index in [2.05, 4.69) is 0 Å². The van der Waals surface area contributed by atoms with Crippen LogP contribution in [0.5, 0.6) is 0 Å². The van der Waals surface area contributed by atoms with E-state index in [0.29, 0.717) is 19.6 Å². The maximum absolute atomic E-state index is 13.0. The van der Waals surface area contributed by atoms with E-state index in [9.17, 15) is 14.0 Å². The Bertz CT molecular complexity index is 979. The van der Waals surface area contributed by atoms with Gasteiger partial charge in [-0.1, -0.05) is 48.5 Å². The van der Waals surface area contributed by atoms with Gasteiger partial charge in [-0.05, 0) is 29.1 Å². The number of nitrogens with zero attached hydrogens (tertiary/aromatic N) is 2. The van der Waals surface area contributed by atoms with Crippen LogP contribution in [0.15, 0.2) is 66.7 Å². The molecule has 5 heteroatoms. The van der Waals surface area contributed by atoms with Crippen molar-refractivity contribution in [3.63, 3.8) is 0 Å². The largest absolute Gasteiger partial charge is 0.328 e. The van der Waals surface area contributed by atoms with E-state index in [4.69, 9.17) is 0 Å². The van der Waals surface area contributed by atoms with Crippen LogP contribution in [0.1, 0.15) is 5.56 Å². The predicted octanol–water partition coefficient (Wildman–Crippen LogP) is 3.35. The number of fused-ring (bicyclic) bond motifs is 1. The third-order valence-electron chi connectivity index (χ3n) is 4.65. The van der Waals surface area contributed by atoms with Crippen LogP contribution in [-0.4, -0.2) is 29.8 Å². The first kappa shape index (κ1) is 16.3. The van der Waals surface area contributed by atoms with Crippen LogP contribution in [-0.2, 0) is 16.1 Å². The highest BCUT2D eigenvalue weighted by Crippen LogP contribution is 2.28. The van der Waals surface area contributed by atoms with E-state index >= 15 is 0 Å². The number of carbonyl (C=O) groups is 2. The van der Waals surface area contributed by atoms with Crippen molar-refractivity contribution in [2.75, 3.05) is 18.0 Å². The fraction of sp³-hybridized carbons (Fsp3) is 0.143. The highest BCUT2D eigenvalue weighted by molar-refractivity contribution is 6.41. The molecule has 0 aliphatic carbocycles. The lowest BCUT2D eigenvalue weighted by molar-refractivity contribution is -0.146. The Balaban J connectivity index is 1.58. The molecule has 0 atom stereocenters. The van der Waals surface area contributed by atoms with Crippen LogP contribution in [0, 0.1) is 5.82 Å². The molecule has 0 aromatic heterocycles. The van der Waals surface area contributed by atoms with E-state index in [1.165, 1.54) is 17.0 Å². The summed E-state index contributed by atoms with van der Waals surface area (Å²) in [5.41, 5.74) is 1.55. The van der Waals surface area contributed by atoms with Crippen LogP contribution in [0.3, 0.4) is 0 Å². The van der Waals surface area contributed by atoms with Crippen molar-refractivity contribution < 1.29 is 14.0 Å². The van der Waals surface area contributed by atoms with E-state index < -0.39 is 11.8 Å². The lowest BCUT2D eigenvalue weighted by atomic mass is 10.1. The van der Waals surface area contributed by atoms with Gasteiger partial charge in [0.1, 0.15) is 5.82 Å². The summed E-state index contributed by atoms with van der Waals surface area (Å²) in [6, 6.07) is 19.5. The summed E-state index contributed by atoms with van der Waals surface area (Å²) in [6.45, 7) is 1.17. The molecule has 0 N–H and O–H groups in total. The summed E-state index contributed by atoms with van der Waals surface area (Å²) in [5.74, 6) is -1.39. The number of hydrogen-bond donors (Lipinski definition) is 0. The number of amides is 2. The molecule has 0 saturated carbocycles. The van der Waals surface area contributed by atoms with Gasteiger partial charge in [0.2, 0.25) is 0 Å².